The molecule has 0 unspecified atom stereocenters. The Hall–Kier alpha value is -1.02. The number of hydrogen-bond donors (Lipinski definition) is 2. The highest BCUT2D eigenvalue weighted by Gasteiger charge is 2.00. The fourth-order valence-electron chi connectivity index (χ4n) is 1.73. The van der Waals surface area contributed by atoms with Crippen molar-refractivity contribution in [2.24, 2.45) is 4.99 Å². The third-order valence-electron chi connectivity index (χ3n) is 2.79. The molecule has 2 aromatic rings. The molecule has 0 aliphatic rings. The lowest BCUT2D eigenvalue weighted by atomic mass is 10.3. The van der Waals surface area contributed by atoms with Crippen LogP contribution in [0.25, 0.3) is 0 Å². The van der Waals surface area contributed by atoms with E-state index >= 15 is 0 Å². The third-order valence-corrected chi connectivity index (χ3v) is 3.52. The van der Waals surface area contributed by atoms with Crippen LogP contribution in [0.1, 0.15) is 24.7 Å². The van der Waals surface area contributed by atoms with E-state index in [-0.39, 0.29) is 24.0 Å². The lowest BCUT2D eigenvalue weighted by Crippen LogP contribution is -2.38. The number of guanidine groups is 1. The molecular weight excluding hydrogens is 397 g/mol. The maximum Gasteiger partial charge on any atom is 0.191 e. The zero-order valence-corrected chi connectivity index (χ0v) is 15.3. The van der Waals surface area contributed by atoms with Crippen molar-refractivity contribution in [3.05, 3.63) is 46.5 Å². The monoisotopic (exact) mass is 419 g/mol. The van der Waals surface area contributed by atoms with Crippen LogP contribution in [-0.4, -0.2) is 19.0 Å². The second-order valence-corrected chi connectivity index (χ2v) is 5.26. The van der Waals surface area contributed by atoms with E-state index in [9.17, 15) is 0 Å². The predicted octanol–water partition coefficient (Wildman–Crippen LogP) is 3.65. The molecule has 0 spiro atoms. The highest BCUT2D eigenvalue weighted by Crippen LogP contribution is 2.06. The summed E-state index contributed by atoms with van der Waals surface area (Å²) >= 11 is 1.70. The van der Waals surface area contributed by atoms with Crippen molar-refractivity contribution in [1.82, 2.24) is 10.6 Å². The summed E-state index contributed by atoms with van der Waals surface area (Å²) in [5.74, 6) is 1.86. The van der Waals surface area contributed by atoms with Crippen LogP contribution >= 0.6 is 35.3 Å². The normalized spacial score (nSPS) is 11.0. The summed E-state index contributed by atoms with van der Waals surface area (Å²) in [5.41, 5.74) is 1.25. The van der Waals surface area contributed by atoms with Gasteiger partial charge < -0.3 is 15.1 Å². The Morgan fingerprint density at radius 1 is 1.29 bits per heavy atom. The molecule has 0 aromatic carbocycles. The van der Waals surface area contributed by atoms with Crippen molar-refractivity contribution in [3.63, 3.8) is 0 Å². The second-order valence-electron chi connectivity index (χ2n) is 4.48. The van der Waals surface area contributed by atoms with Crippen molar-refractivity contribution in [2.75, 3.05) is 13.1 Å². The van der Waals surface area contributed by atoms with Gasteiger partial charge in [0, 0.05) is 19.5 Å². The van der Waals surface area contributed by atoms with E-state index in [4.69, 9.17) is 4.42 Å². The summed E-state index contributed by atoms with van der Waals surface area (Å²) in [6, 6.07) is 6.01. The Bertz CT molecular complexity index is 497. The van der Waals surface area contributed by atoms with Crippen LogP contribution in [0.3, 0.4) is 0 Å². The first-order valence-electron chi connectivity index (χ1n) is 6.94. The lowest BCUT2D eigenvalue weighted by Gasteiger charge is -2.11. The summed E-state index contributed by atoms with van der Waals surface area (Å²) in [5, 5.41) is 10.9. The van der Waals surface area contributed by atoms with Gasteiger partial charge in [0.1, 0.15) is 5.76 Å². The van der Waals surface area contributed by atoms with Crippen LogP contribution < -0.4 is 10.6 Å². The predicted molar refractivity (Wildman–Crippen MR) is 99.6 cm³/mol. The third kappa shape index (κ3) is 6.99. The Morgan fingerprint density at radius 3 is 2.81 bits per heavy atom. The van der Waals surface area contributed by atoms with Gasteiger partial charge in [0.15, 0.2) is 5.96 Å². The first kappa shape index (κ1) is 18.0. The molecule has 0 amide bonds. The minimum atomic E-state index is 0. The quantitative estimate of drug-likeness (QED) is 0.409. The van der Waals surface area contributed by atoms with Crippen molar-refractivity contribution >= 4 is 41.3 Å². The number of hydrogen-bond acceptors (Lipinski definition) is 3. The van der Waals surface area contributed by atoms with Crippen LogP contribution in [-0.2, 0) is 13.0 Å². The smallest absolute Gasteiger partial charge is 0.191 e. The van der Waals surface area contributed by atoms with Gasteiger partial charge in [0.2, 0.25) is 0 Å². The number of nitrogens with one attached hydrogen (secondary N) is 2. The average Bonchev–Trinajstić information content (AvgIpc) is 3.14. The zero-order chi connectivity index (χ0) is 14.0. The molecule has 116 valence electrons. The molecule has 0 aliphatic heterocycles. The standard InChI is InChI=1S/C15H21N3OS.HI/c1-2-7-16-15(18-11-13-6-10-20-12-13)17-8-5-14-4-3-9-19-14;/h3-4,6,9-10,12H,2,5,7-8,11H2,1H3,(H2,16,17,18);1H. The number of aliphatic imine (C=N–C) groups is 1. The molecule has 0 radical (unpaired) electrons. The highest BCUT2D eigenvalue weighted by molar-refractivity contribution is 14.0. The molecule has 0 aliphatic carbocycles. The minimum Gasteiger partial charge on any atom is -0.469 e. The molecule has 6 heteroatoms. The van der Waals surface area contributed by atoms with Crippen molar-refractivity contribution < 1.29 is 4.42 Å². The Kier molecular flexibility index (Phi) is 9.16. The SMILES string of the molecule is CCCNC(=NCc1ccsc1)NCCc1ccco1.I. The summed E-state index contributed by atoms with van der Waals surface area (Å²) in [4.78, 5) is 4.59. The van der Waals surface area contributed by atoms with E-state index in [1.807, 2.05) is 12.1 Å². The second kappa shape index (κ2) is 10.7. The first-order valence-corrected chi connectivity index (χ1v) is 7.88. The van der Waals surface area contributed by atoms with Gasteiger partial charge in [-0.3, -0.25) is 0 Å². The van der Waals surface area contributed by atoms with Gasteiger partial charge in [0.25, 0.3) is 0 Å². The van der Waals surface area contributed by atoms with E-state index in [0.29, 0.717) is 6.54 Å². The highest BCUT2D eigenvalue weighted by atomic mass is 127. The van der Waals surface area contributed by atoms with E-state index in [1.54, 1.807) is 17.6 Å². The van der Waals surface area contributed by atoms with Crippen LogP contribution in [0, 0.1) is 0 Å². The average molecular weight is 419 g/mol. The number of furan rings is 1. The molecule has 0 bridgehead atoms. The fraction of sp³-hybridized carbons (Fsp3) is 0.400. The molecule has 21 heavy (non-hydrogen) atoms. The van der Waals surface area contributed by atoms with Gasteiger partial charge in [-0.2, -0.15) is 11.3 Å². The van der Waals surface area contributed by atoms with Gasteiger partial charge >= 0.3 is 0 Å². The molecule has 2 N–H and O–H groups in total. The summed E-state index contributed by atoms with van der Waals surface area (Å²) < 4.78 is 5.32. The lowest BCUT2D eigenvalue weighted by molar-refractivity contribution is 0.506. The molecule has 2 rings (SSSR count). The number of nitrogens with zero attached hydrogens (tertiary/aromatic N) is 1. The van der Waals surface area contributed by atoms with Crippen LogP contribution in [0.4, 0.5) is 0 Å². The summed E-state index contributed by atoms with van der Waals surface area (Å²) in [6.07, 6.45) is 3.64. The molecule has 0 fully saturated rings. The molecule has 2 heterocycles. The Labute approximate surface area is 147 Å². The molecule has 0 atom stereocenters. The van der Waals surface area contributed by atoms with E-state index in [2.05, 4.69) is 39.4 Å². The van der Waals surface area contributed by atoms with Gasteiger partial charge in [-0.05, 0) is 40.9 Å². The van der Waals surface area contributed by atoms with E-state index in [0.717, 1.165) is 37.7 Å². The van der Waals surface area contributed by atoms with Gasteiger partial charge in [0.05, 0.1) is 12.8 Å². The van der Waals surface area contributed by atoms with Gasteiger partial charge in [-0.25, -0.2) is 4.99 Å². The van der Waals surface area contributed by atoms with Crippen LogP contribution in [0.15, 0.2) is 44.6 Å². The van der Waals surface area contributed by atoms with E-state index < -0.39 is 0 Å². The summed E-state index contributed by atoms with van der Waals surface area (Å²) in [6.45, 7) is 4.60. The zero-order valence-electron chi connectivity index (χ0n) is 12.2. The van der Waals surface area contributed by atoms with Crippen LogP contribution in [0.5, 0.6) is 0 Å². The number of halogens is 1. The Balaban J connectivity index is 0.00000220. The minimum absolute atomic E-state index is 0. The largest absolute Gasteiger partial charge is 0.469 e. The molecule has 2 aromatic heterocycles. The number of thiophene rings is 1. The number of rotatable bonds is 7. The molecule has 0 saturated heterocycles. The summed E-state index contributed by atoms with van der Waals surface area (Å²) in [7, 11) is 0. The maximum atomic E-state index is 5.32. The van der Waals surface area contributed by atoms with Gasteiger partial charge in [-0.15, -0.1) is 24.0 Å². The van der Waals surface area contributed by atoms with Gasteiger partial charge in [-0.1, -0.05) is 6.92 Å². The van der Waals surface area contributed by atoms with Crippen LogP contribution in [0.2, 0.25) is 0 Å². The molecular formula is C15H22IN3OS. The maximum absolute atomic E-state index is 5.32. The van der Waals surface area contributed by atoms with Crippen molar-refractivity contribution in [3.8, 4) is 0 Å². The molecule has 0 saturated carbocycles. The fourth-order valence-corrected chi connectivity index (χ4v) is 2.39. The van der Waals surface area contributed by atoms with E-state index in [1.165, 1.54) is 5.56 Å². The Morgan fingerprint density at radius 2 is 2.14 bits per heavy atom. The van der Waals surface area contributed by atoms with Crippen molar-refractivity contribution in [1.29, 1.82) is 0 Å². The topological polar surface area (TPSA) is 49.6 Å². The van der Waals surface area contributed by atoms with Crippen molar-refractivity contribution in [2.45, 2.75) is 26.3 Å². The first-order chi connectivity index (χ1) is 9.88. The molecule has 4 nitrogen and oxygen atoms in total.